The summed E-state index contributed by atoms with van der Waals surface area (Å²) < 4.78 is 60.2. The number of hydrogen-bond donors (Lipinski definition) is 1. The number of ether oxygens (including phenoxy) is 2. The van der Waals surface area contributed by atoms with Crippen molar-refractivity contribution in [1.29, 1.82) is 0 Å². The van der Waals surface area contributed by atoms with Crippen molar-refractivity contribution in [3.05, 3.63) is 66.5 Å². The summed E-state index contributed by atoms with van der Waals surface area (Å²) in [4.78, 5) is 41.5. The maximum Gasteiger partial charge on any atom is 0.422 e. The van der Waals surface area contributed by atoms with Crippen LogP contribution in [0.25, 0.3) is 0 Å². The number of benzene rings is 1. The van der Waals surface area contributed by atoms with Crippen molar-refractivity contribution in [1.82, 2.24) is 24.8 Å². The molecule has 2 aromatic heterocycles. The molecular formula is C27H28F4N6O4. The summed E-state index contributed by atoms with van der Waals surface area (Å²) in [6.45, 7) is 4.97. The molecular weight excluding hydrogens is 548 g/mol. The van der Waals surface area contributed by atoms with Gasteiger partial charge in [-0.2, -0.15) is 13.2 Å². The van der Waals surface area contributed by atoms with E-state index in [1.165, 1.54) is 30.5 Å². The number of piperazine rings is 1. The third-order valence-electron chi connectivity index (χ3n) is 6.37. The van der Waals surface area contributed by atoms with Gasteiger partial charge in [-0.15, -0.1) is 0 Å². The maximum absolute atomic E-state index is 13.1. The molecule has 1 aliphatic rings. The van der Waals surface area contributed by atoms with Crippen LogP contribution in [0.1, 0.15) is 31.3 Å². The molecule has 1 fully saturated rings. The summed E-state index contributed by atoms with van der Waals surface area (Å²) in [6, 6.07) is 8.20. The molecule has 3 aromatic rings. The Labute approximate surface area is 233 Å². The Bertz CT molecular complexity index is 1350. The number of anilines is 1. The Morgan fingerprint density at radius 3 is 2.29 bits per heavy atom. The number of pyridine rings is 1. The molecule has 0 bridgehead atoms. The van der Waals surface area contributed by atoms with Crippen LogP contribution in [-0.2, 0) is 4.79 Å². The number of alkyl halides is 3. The number of rotatable bonds is 8. The summed E-state index contributed by atoms with van der Waals surface area (Å²) >= 11 is 0. The molecule has 1 N–H and O–H groups in total. The third-order valence-corrected chi connectivity index (χ3v) is 6.37. The molecule has 10 nitrogen and oxygen atoms in total. The van der Waals surface area contributed by atoms with Crippen LogP contribution in [0.15, 0.2) is 55.0 Å². The predicted molar refractivity (Wildman–Crippen MR) is 139 cm³/mol. The van der Waals surface area contributed by atoms with E-state index in [0.717, 1.165) is 12.4 Å². The van der Waals surface area contributed by atoms with Crippen molar-refractivity contribution in [3.8, 4) is 17.4 Å². The zero-order chi connectivity index (χ0) is 29.8. The molecule has 1 aromatic carbocycles. The van der Waals surface area contributed by atoms with Gasteiger partial charge in [-0.3, -0.25) is 14.5 Å². The van der Waals surface area contributed by atoms with Crippen molar-refractivity contribution in [2.45, 2.75) is 38.5 Å². The van der Waals surface area contributed by atoms with E-state index in [-0.39, 0.29) is 29.8 Å². The summed E-state index contributed by atoms with van der Waals surface area (Å²) in [7, 11) is 0. The molecule has 4 rings (SSSR count). The molecule has 14 heteroatoms. The molecule has 0 aliphatic carbocycles. The molecule has 0 radical (unpaired) electrons. The number of carbonyl (C=O) groups excluding carboxylic acids is 2. The van der Waals surface area contributed by atoms with Gasteiger partial charge in [-0.05, 0) is 57.2 Å². The normalized spacial score (nSPS) is 16.1. The first-order valence-electron chi connectivity index (χ1n) is 12.6. The standard InChI is InChI=1S/C27H28F4N6O4/c1-17(24(38)35-22-9-8-20(12-33-22)41-19-6-4-18(28)5-7-19)36-10-11-37(26(2,3)15-36)25(39)21-13-34-23(14-32-21)40-16-27(29,30)31/h4-9,12-14,17H,10-11,15-16H2,1-3H3,(H,33,35,38)/t17-/m0/s1. The second-order valence-electron chi connectivity index (χ2n) is 9.98. The van der Waals surface area contributed by atoms with Crippen LogP contribution in [0.5, 0.6) is 17.4 Å². The lowest BCUT2D eigenvalue weighted by Crippen LogP contribution is -2.63. The summed E-state index contributed by atoms with van der Waals surface area (Å²) in [5.74, 6) is -0.264. The van der Waals surface area contributed by atoms with E-state index in [2.05, 4.69) is 25.0 Å². The van der Waals surface area contributed by atoms with Crippen molar-refractivity contribution < 1.29 is 36.6 Å². The maximum atomic E-state index is 13.1. The summed E-state index contributed by atoms with van der Waals surface area (Å²) in [5, 5.41) is 2.77. The number of carbonyl (C=O) groups is 2. The first-order chi connectivity index (χ1) is 19.3. The molecule has 1 aliphatic heterocycles. The fourth-order valence-electron chi connectivity index (χ4n) is 4.24. The largest absolute Gasteiger partial charge is 0.467 e. The van der Waals surface area contributed by atoms with Crippen LogP contribution >= 0.6 is 0 Å². The smallest absolute Gasteiger partial charge is 0.422 e. The Morgan fingerprint density at radius 2 is 1.71 bits per heavy atom. The number of nitrogens with zero attached hydrogens (tertiary/aromatic N) is 5. The number of hydrogen-bond acceptors (Lipinski definition) is 8. The van der Waals surface area contributed by atoms with Gasteiger partial charge in [-0.1, -0.05) is 0 Å². The first-order valence-corrected chi connectivity index (χ1v) is 12.6. The fraction of sp³-hybridized carbons (Fsp3) is 0.370. The highest BCUT2D eigenvalue weighted by Gasteiger charge is 2.40. The molecule has 41 heavy (non-hydrogen) atoms. The molecule has 2 amide bonds. The van der Waals surface area contributed by atoms with E-state index < -0.39 is 30.3 Å². The van der Waals surface area contributed by atoms with Gasteiger partial charge in [0.15, 0.2) is 6.61 Å². The first kappa shape index (κ1) is 29.6. The summed E-state index contributed by atoms with van der Waals surface area (Å²) in [5.41, 5.74) is -0.733. The van der Waals surface area contributed by atoms with E-state index in [9.17, 15) is 27.2 Å². The minimum atomic E-state index is -4.52. The lowest BCUT2D eigenvalue weighted by Gasteiger charge is -2.48. The van der Waals surface area contributed by atoms with E-state index in [1.54, 1.807) is 24.0 Å². The highest BCUT2D eigenvalue weighted by molar-refractivity contribution is 5.94. The lowest BCUT2D eigenvalue weighted by molar-refractivity contribution is -0.154. The van der Waals surface area contributed by atoms with Gasteiger partial charge in [0.25, 0.3) is 5.91 Å². The Morgan fingerprint density at radius 1 is 1.00 bits per heavy atom. The van der Waals surface area contributed by atoms with Gasteiger partial charge in [0.05, 0.1) is 30.2 Å². The number of aromatic nitrogens is 3. The summed E-state index contributed by atoms with van der Waals surface area (Å²) in [6.07, 6.45) is -1.02. The Balaban J connectivity index is 1.31. The van der Waals surface area contributed by atoms with Crippen LogP contribution in [0.3, 0.4) is 0 Å². The van der Waals surface area contributed by atoms with Gasteiger partial charge in [0.2, 0.25) is 11.8 Å². The SMILES string of the molecule is C[C@@H](C(=O)Nc1ccc(Oc2ccc(F)cc2)cn1)N1CCN(C(=O)c2cnc(OCC(F)(F)F)cn2)C(C)(C)C1. The minimum absolute atomic E-state index is 0.0328. The number of amides is 2. The van der Waals surface area contributed by atoms with Crippen LogP contribution in [0.4, 0.5) is 23.4 Å². The van der Waals surface area contributed by atoms with Crippen LogP contribution < -0.4 is 14.8 Å². The topological polar surface area (TPSA) is 110 Å². The molecule has 218 valence electrons. The van der Waals surface area contributed by atoms with Crippen molar-refractivity contribution in [3.63, 3.8) is 0 Å². The highest BCUT2D eigenvalue weighted by Crippen LogP contribution is 2.26. The molecule has 0 spiro atoms. The molecule has 0 unspecified atom stereocenters. The average Bonchev–Trinajstić information content (AvgIpc) is 2.93. The van der Waals surface area contributed by atoms with E-state index in [1.807, 2.05) is 18.7 Å². The Hall–Kier alpha value is -4.33. The molecule has 0 saturated carbocycles. The van der Waals surface area contributed by atoms with Crippen LogP contribution in [0, 0.1) is 5.82 Å². The van der Waals surface area contributed by atoms with Gasteiger partial charge in [0.1, 0.15) is 28.8 Å². The lowest BCUT2D eigenvalue weighted by atomic mass is 9.97. The Kier molecular flexibility index (Phi) is 8.71. The minimum Gasteiger partial charge on any atom is -0.467 e. The van der Waals surface area contributed by atoms with Crippen LogP contribution in [-0.4, -0.2) is 80.6 Å². The molecule has 1 saturated heterocycles. The van der Waals surface area contributed by atoms with Gasteiger partial charge in [-0.25, -0.2) is 19.3 Å². The zero-order valence-corrected chi connectivity index (χ0v) is 22.5. The quantitative estimate of drug-likeness (QED) is 0.396. The second kappa shape index (κ2) is 12.0. The second-order valence-corrected chi connectivity index (χ2v) is 9.98. The van der Waals surface area contributed by atoms with Crippen LogP contribution in [0.2, 0.25) is 0 Å². The average molecular weight is 577 g/mol. The molecule has 3 heterocycles. The fourth-order valence-corrected chi connectivity index (χ4v) is 4.24. The van der Waals surface area contributed by atoms with E-state index >= 15 is 0 Å². The number of halogens is 4. The zero-order valence-electron chi connectivity index (χ0n) is 22.5. The highest BCUT2D eigenvalue weighted by atomic mass is 19.4. The van der Waals surface area contributed by atoms with Gasteiger partial charge in [0, 0.05) is 19.6 Å². The predicted octanol–water partition coefficient (Wildman–Crippen LogP) is 4.31. The third kappa shape index (κ3) is 7.87. The number of nitrogens with one attached hydrogen (secondary N) is 1. The van der Waals surface area contributed by atoms with Gasteiger partial charge < -0.3 is 19.7 Å². The van der Waals surface area contributed by atoms with Crippen molar-refractivity contribution in [2.24, 2.45) is 0 Å². The van der Waals surface area contributed by atoms with Crippen molar-refractivity contribution in [2.75, 3.05) is 31.6 Å². The van der Waals surface area contributed by atoms with E-state index in [0.29, 0.717) is 30.4 Å². The van der Waals surface area contributed by atoms with Crippen molar-refractivity contribution >= 4 is 17.6 Å². The monoisotopic (exact) mass is 576 g/mol. The van der Waals surface area contributed by atoms with E-state index in [4.69, 9.17) is 4.74 Å². The molecule has 1 atom stereocenters. The van der Waals surface area contributed by atoms with Gasteiger partial charge >= 0.3 is 6.18 Å².